The van der Waals surface area contributed by atoms with Crippen molar-refractivity contribution < 1.29 is 18.7 Å². The first-order valence-electron chi connectivity index (χ1n) is 9.46. The molecule has 2 aromatic carbocycles. The fourth-order valence-corrected chi connectivity index (χ4v) is 3.49. The van der Waals surface area contributed by atoms with Crippen molar-refractivity contribution in [2.45, 2.75) is 46.3 Å². The minimum atomic E-state index is -0.286. The molecule has 0 aliphatic carbocycles. The van der Waals surface area contributed by atoms with Crippen molar-refractivity contribution in [2.24, 2.45) is 0 Å². The molecule has 0 atom stereocenters. The topological polar surface area (TPSA) is 47.6 Å². The Morgan fingerprint density at radius 1 is 1.19 bits per heavy atom. The summed E-state index contributed by atoms with van der Waals surface area (Å²) in [6.45, 7) is 7.42. The van der Waals surface area contributed by atoms with Gasteiger partial charge in [-0.1, -0.05) is 24.3 Å². The van der Waals surface area contributed by atoms with E-state index in [0.717, 1.165) is 34.4 Å². The number of hydrogen-bond acceptors (Lipinski definition) is 4. The first-order chi connectivity index (χ1) is 13.0. The first kappa shape index (κ1) is 19.4. The van der Waals surface area contributed by atoms with Crippen LogP contribution in [-0.2, 0) is 28.9 Å². The monoisotopic (exact) mass is 371 g/mol. The summed E-state index contributed by atoms with van der Waals surface area (Å²) in [5, 5.41) is 3.32. The summed E-state index contributed by atoms with van der Waals surface area (Å²) < 4.78 is 25.5. The maximum atomic E-state index is 14.3. The quantitative estimate of drug-likeness (QED) is 0.779. The lowest BCUT2D eigenvalue weighted by atomic mass is 9.90. The predicted octanol–water partition coefficient (Wildman–Crippen LogP) is 4.03. The molecule has 3 rings (SSSR count). The molecule has 2 aromatic rings. The smallest absolute Gasteiger partial charge is 0.310 e. The Morgan fingerprint density at radius 2 is 2.00 bits per heavy atom. The number of halogens is 1. The van der Waals surface area contributed by atoms with Crippen LogP contribution in [0.15, 0.2) is 30.3 Å². The molecule has 0 spiro atoms. The number of carbonyl (C=O) groups is 1. The van der Waals surface area contributed by atoms with Gasteiger partial charge in [0, 0.05) is 17.7 Å². The average molecular weight is 371 g/mol. The van der Waals surface area contributed by atoms with E-state index < -0.39 is 0 Å². The number of rotatable bonds is 6. The van der Waals surface area contributed by atoms with Crippen molar-refractivity contribution in [3.05, 3.63) is 52.8 Å². The maximum absolute atomic E-state index is 14.3. The molecule has 27 heavy (non-hydrogen) atoms. The van der Waals surface area contributed by atoms with E-state index in [9.17, 15) is 9.18 Å². The van der Waals surface area contributed by atoms with Crippen molar-refractivity contribution in [3.8, 4) is 16.9 Å². The minimum Gasteiger partial charge on any atom is -0.490 e. The fourth-order valence-electron chi connectivity index (χ4n) is 3.49. The molecular formula is C22H26FNO3. The van der Waals surface area contributed by atoms with Gasteiger partial charge in [0.15, 0.2) is 0 Å². The van der Waals surface area contributed by atoms with Crippen LogP contribution in [0, 0.1) is 5.82 Å². The molecule has 1 aliphatic rings. The summed E-state index contributed by atoms with van der Waals surface area (Å²) in [6.07, 6.45) is 0.755. The standard InChI is InChI=1S/C22H26FNO3/c1-4-26-21(25)12-15-6-5-7-18(22(15)27-14(2)3)16-8-9-20(23)17-10-11-24-13-19(16)17/h5-9,14,24H,4,10-13H2,1-3H3. The van der Waals surface area contributed by atoms with E-state index in [1.807, 2.05) is 32.0 Å². The van der Waals surface area contributed by atoms with Crippen molar-refractivity contribution in [1.82, 2.24) is 5.32 Å². The van der Waals surface area contributed by atoms with Gasteiger partial charge >= 0.3 is 5.97 Å². The second kappa shape index (κ2) is 8.53. The zero-order valence-corrected chi connectivity index (χ0v) is 16.1. The minimum absolute atomic E-state index is 0.0542. The highest BCUT2D eigenvalue weighted by molar-refractivity contribution is 5.80. The van der Waals surface area contributed by atoms with Gasteiger partial charge in [0.05, 0.1) is 19.1 Å². The van der Waals surface area contributed by atoms with Gasteiger partial charge < -0.3 is 14.8 Å². The van der Waals surface area contributed by atoms with E-state index in [-0.39, 0.29) is 24.3 Å². The van der Waals surface area contributed by atoms with Crippen molar-refractivity contribution >= 4 is 5.97 Å². The summed E-state index contributed by atoms with van der Waals surface area (Å²) >= 11 is 0. The zero-order chi connectivity index (χ0) is 19.4. The van der Waals surface area contributed by atoms with E-state index >= 15 is 0 Å². The van der Waals surface area contributed by atoms with E-state index in [0.29, 0.717) is 25.3 Å². The number of hydrogen-bond donors (Lipinski definition) is 1. The van der Waals surface area contributed by atoms with Crippen LogP contribution in [0.2, 0.25) is 0 Å². The third-order valence-corrected chi connectivity index (χ3v) is 4.61. The van der Waals surface area contributed by atoms with E-state index in [4.69, 9.17) is 9.47 Å². The summed E-state index contributed by atoms with van der Waals surface area (Å²) in [5.74, 6) is 0.218. The van der Waals surface area contributed by atoms with Gasteiger partial charge in [-0.15, -0.1) is 0 Å². The van der Waals surface area contributed by atoms with Gasteiger partial charge in [-0.3, -0.25) is 4.79 Å². The summed E-state index contributed by atoms with van der Waals surface area (Å²) in [4.78, 5) is 12.0. The molecule has 0 radical (unpaired) electrons. The second-order valence-corrected chi connectivity index (χ2v) is 6.92. The van der Waals surface area contributed by atoms with Crippen LogP contribution in [0.25, 0.3) is 11.1 Å². The number of ether oxygens (including phenoxy) is 2. The fraction of sp³-hybridized carbons (Fsp3) is 0.409. The lowest BCUT2D eigenvalue weighted by Crippen LogP contribution is -2.25. The van der Waals surface area contributed by atoms with Crippen molar-refractivity contribution in [1.29, 1.82) is 0 Å². The van der Waals surface area contributed by atoms with E-state index in [1.54, 1.807) is 13.0 Å². The number of nitrogens with one attached hydrogen (secondary N) is 1. The van der Waals surface area contributed by atoms with E-state index in [2.05, 4.69) is 5.32 Å². The van der Waals surface area contributed by atoms with Gasteiger partial charge in [-0.25, -0.2) is 4.39 Å². The summed E-state index contributed by atoms with van der Waals surface area (Å²) in [6, 6.07) is 9.08. The Morgan fingerprint density at radius 3 is 2.74 bits per heavy atom. The molecule has 0 fully saturated rings. The van der Waals surface area contributed by atoms with Crippen LogP contribution in [0.3, 0.4) is 0 Å². The maximum Gasteiger partial charge on any atom is 0.310 e. The Balaban J connectivity index is 2.11. The third-order valence-electron chi connectivity index (χ3n) is 4.61. The van der Waals surface area contributed by atoms with E-state index in [1.165, 1.54) is 6.07 Å². The van der Waals surface area contributed by atoms with Crippen LogP contribution in [0.4, 0.5) is 4.39 Å². The Labute approximate surface area is 159 Å². The molecule has 0 aromatic heterocycles. The highest BCUT2D eigenvalue weighted by Gasteiger charge is 2.22. The molecule has 5 heteroatoms. The SMILES string of the molecule is CCOC(=O)Cc1cccc(-c2ccc(F)c3c2CNCC3)c1OC(C)C. The number of esters is 1. The van der Waals surface area contributed by atoms with Gasteiger partial charge in [0.1, 0.15) is 11.6 Å². The van der Waals surface area contributed by atoms with Crippen LogP contribution in [0.5, 0.6) is 5.75 Å². The van der Waals surface area contributed by atoms with Gasteiger partial charge in [-0.2, -0.15) is 0 Å². The highest BCUT2D eigenvalue weighted by atomic mass is 19.1. The van der Waals surface area contributed by atoms with Crippen LogP contribution in [-0.4, -0.2) is 25.2 Å². The zero-order valence-electron chi connectivity index (χ0n) is 16.1. The molecule has 0 amide bonds. The number of benzene rings is 2. The number of carbonyl (C=O) groups excluding carboxylic acids is 1. The van der Waals surface area contributed by atoms with Crippen LogP contribution >= 0.6 is 0 Å². The molecule has 0 bridgehead atoms. The van der Waals surface area contributed by atoms with Gasteiger partial charge in [0.25, 0.3) is 0 Å². The predicted molar refractivity (Wildman–Crippen MR) is 103 cm³/mol. The molecule has 144 valence electrons. The molecule has 0 saturated carbocycles. The molecule has 1 heterocycles. The molecular weight excluding hydrogens is 345 g/mol. The molecule has 0 saturated heterocycles. The molecule has 1 aliphatic heterocycles. The molecule has 0 unspecified atom stereocenters. The largest absolute Gasteiger partial charge is 0.490 e. The van der Waals surface area contributed by atoms with Crippen molar-refractivity contribution in [2.75, 3.05) is 13.2 Å². The lowest BCUT2D eigenvalue weighted by Gasteiger charge is -2.24. The Hall–Kier alpha value is -2.40. The third kappa shape index (κ3) is 4.30. The van der Waals surface area contributed by atoms with Crippen LogP contribution < -0.4 is 10.1 Å². The average Bonchev–Trinajstić information content (AvgIpc) is 2.64. The van der Waals surface area contributed by atoms with Crippen LogP contribution in [0.1, 0.15) is 37.5 Å². The summed E-state index contributed by atoms with van der Waals surface area (Å²) in [7, 11) is 0. The Bertz CT molecular complexity index is 833. The first-order valence-corrected chi connectivity index (χ1v) is 9.46. The summed E-state index contributed by atoms with van der Waals surface area (Å²) in [5.41, 5.74) is 4.33. The second-order valence-electron chi connectivity index (χ2n) is 6.92. The number of fused-ring (bicyclic) bond motifs is 1. The van der Waals surface area contributed by atoms with Gasteiger partial charge in [-0.05, 0) is 56.5 Å². The number of para-hydroxylation sites is 1. The lowest BCUT2D eigenvalue weighted by molar-refractivity contribution is -0.142. The normalized spacial score (nSPS) is 13.4. The Kier molecular flexibility index (Phi) is 6.11. The highest BCUT2D eigenvalue weighted by Crippen LogP contribution is 2.38. The van der Waals surface area contributed by atoms with Gasteiger partial charge in [0.2, 0.25) is 0 Å². The molecule has 1 N–H and O–H groups in total. The molecule has 4 nitrogen and oxygen atoms in total. The van der Waals surface area contributed by atoms with Crippen molar-refractivity contribution in [3.63, 3.8) is 0 Å².